The summed E-state index contributed by atoms with van der Waals surface area (Å²) in [6.07, 6.45) is -5.99. The molecule has 1 nitrogen and oxygen atoms in total. The molecule has 0 saturated carbocycles. The third kappa shape index (κ3) is 3.95. The number of ether oxygens (including phenoxy) is 1. The third-order valence-electron chi connectivity index (χ3n) is 0.906. The molecule has 0 aliphatic heterocycles. The lowest BCUT2D eigenvalue weighted by molar-refractivity contribution is -0.212. The molecule has 5 heteroatoms. The summed E-state index contributed by atoms with van der Waals surface area (Å²) in [6.45, 7) is 0.884. The Morgan fingerprint density at radius 3 is 2.30 bits per heavy atom. The summed E-state index contributed by atoms with van der Waals surface area (Å²) in [4.78, 5) is 0. The SMILES string of the molecule is CC(OCCCl)C(F)(F)F. The standard InChI is InChI=1S/C5H8ClF3O/c1-4(5(7,8)9)10-3-2-6/h4H,2-3H2,1H3. The zero-order valence-electron chi connectivity index (χ0n) is 5.41. The predicted octanol–water partition coefficient (Wildman–Crippen LogP) is 2.19. The molecule has 1 unspecified atom stereocenters. The largest absolute Gasteiger partial charge is 0.414 e. The monoisotopic (exact) mass is 176 g/mol. The van der Waals surface area contributed by atoms with E-state index in [9.17, 15) is 13.2 Å². The molecular weight excluding hydrogens is 169 g/mol. The van der Waals surface area contributed by atoms with Gasteiger partial charge in [0.2, 0.25) is 0 Å². The fourth-order valence-electron chi connectivity index (χ4n) is 0.316. The molecule has 0 bridgehead atoms. The van der Waals surface area contributed by atoms with Gasteiger partial charge in [0.25, 0.3) is 0 Å². The Balaban J connectivity index is 3.52. The second-order valence-electron chi connectivity index (χ2n) is 1.74. The summed E-state index contributed by atoms with van der Waals surface area (Å²) in [5, 5.41) is 0. The van der Waals surface area contributed by atoms with Crippen LogP contribution in [0.3, 0.4) is 0 Å². The van der Waals surface area contributed by atoms with Crippen molar-refractivity contribution in [1.82, 2.24) is 0 Å². The van der Waals surface area contributed by atoms with Gasteiger partial charge in [-0.3, -0.25) is 0 Å². The van der Waals surface area contributed by atoms with E-state index in [4.69, 9.17) is 11.6 Å². The third-order valence-corrected chi connectivity index (χ3v) is 1.06. The summed E-state index contributed by atoms with van der Waals surface area (Å²) < 4.78 is 39.1. The second-order valence-corrected chi connectivity index (χ2v) is 2.12. The molecule has 10 heavy (non-hydrogen) atoms. The van der Waals surface area contributed by atoms with Crippen LogP contribution in [-0.2, 0) is 4.74 Å². The quantitative estimate of drug-likeness (QED) is 0.599. The summed E-state index contributed by atoms with van der Waals surface area (Å²) >= 11 is 5.10. The highest BCUT2D eigenvalue weighted by molar-refractivity contribution is 6.17. The van der Waals surface area contributed by atoms with Crippen LogP contribution in [0.15, 0.2) is 0 Å². The number of alkyl halides is 4. The lowest BCUT2D eigenvalue weighted by Crippen LogP contribution is -2.29. The normalized spacial score (nSPS) is 15.3. The summed E-state index contributed by atoms with van der Waals surface area (Å²) in [7, 11) is 0. The molecule has 0 aromatic rings. The van der Waals surface area contributed by atoms with Gasteiger partial charge in [0.05, 0.1) is 6.61 Å². The van der Waals surface area contributed by atoms with E-state index in [1.165, 1.54) is 0 Å². The number of hydrogen-bond donors (Lipinski definition) is 0. The minimum Gasteiger partial charge on any atom is -0.368 e. The molecule has 0 aromatic carbocycles. The fraction of sp³-hybridized carbons (Fsp3) is 1.00. The highest BCUT2D eigenvalue weighted by Gasteiger charge is 2.36. The van der Waals surface area contributed by atoms with Gasteiger partial charge in [-0.05, 0) is 6.92 Å². The number of hydrogen-bond acceptors (Lipinski definition) is 1. The van der Waals surface area contributed by atoms with Gasteiger partial charge in [-0.2, -0.15) is 13.2 Å². The molecule has 0 rings (SSSR count). The van der Waals surface area contributed by atoms with Crippen LogP contribution in [0.2, 0.25) is 0 Å². The predicted molar refractivity (Wildman–Crippen MR) is 32.2 cm³/mol. The smallest absolute Gasteiger partial charge is 0.368 e. The van der Waals surface area contributed by atoms with Gasteiger partial charge in [0.15, 0.2) is 6.10 Å². The van der Waals surface area contributed by atoms with Crippen molar-refractivity contribution >= 4 is 11.6 Å². The van der Waals surface area contributed by atoms with Crippen molar-refractivity contribution in [3.05, 3.63) is 0 Å². The molecule has 0 saturated heterocycles. The Hall–Kier alpha value is 0.0400. The van der Waals surface area contributed by atoms with Gasteiger partial charge in [-0.15, -0.1) is 11.6 Å². The molecule has 0 aliphatic rings. The Morgan fingerprint density at radius 2 is 2.00 bits per heavy atom. The van der Waals surface area contributed by atoms with Crippen molar-refractivity contribution < 1.29 is 17.9 Å². The molecule has 0 aliphatic carbocycles. The average Bonchev–Trinajstić information content (AvgIpc) is 1.80. The van der Waals surface area contributed by atoms with Crippen molar-refractivity contribution in [2.45, 2.75) is 19.2 Å². The Morgan fingerprint density at radius 1 is 1.50 bits per heavy atom. The molecule has 62 valence electrons. The first-order valence-electron chi connectivity index (χ1n) is 2.72. The van der Waals surface area contributed by atoms with E-state index in [-0.39, 0.29) is 12.5 Å². The van der Waals surface area contributed by atoms with Gasteiger partial charge in [-0.25, -0.2) is 0 Å². The zero-order chi connectivity index (χ0) is 8.20. The van der Waals surface area contributed by atoms with Gasteiger partial charge in [-0.1, -0.05) is 0 Å². The zero-order valence-corrected chi connectivity index (χ0v) is 6.17. The van der Waals surface area contributed by atoms with Gasteiger partial charge < -0.3 is 4.74 Å². The highest BCUT2D eigenvalue weighted by atomic mass is 35.5. The summed E-state index contributed by atoms with van der Waals surface area (Å²) in [6, 6.07) is 0. The molecule has 0 aromatic heterocycles. The lowest BCUT2D eigenvalue weighted by Gasteiger charge is -2.14. The molecular formula is C5H8ClF3O. The molecule has 0 radical (unpaired) electrons. The van der Waals surface area contributed by atoms with Crippen LogP contribution in [0, 0.1) is 0 Å². The van der Waals surface area contributed by atoms with Crippen LogP contribution < -0.4 is 0 Å². The first-order valence-corrected chi connectivity index (χ1v) is 3.26. The maximum absolute atomic E-state index is 11.6. The Kier molecular flexibility index (Phi) is 4.05. The van der Waals surface area contributed by atoms with Crippen molar-refractivity contribution in [1.29, 1.82) is 0 Å². The fourth-order valence-corrected chi connectivity index (χ4v) is 0.405. The maximum atomic E-state index is 11.6. The van der Waals surface area contributed by atoms with Crippen molar-refractivity contribution in [3.8, 4) is 0 Å². The van der Waals surface area contributed by atoms with Crippen LogP contribution in [0.4, 0.5) is 13.2 Å². The maximum Gasteiger partial charge on any atom is 0.414 e. The molecule has 1 atom stereocenters. The minimum atomic E-state index is -4.27. The van der Waals surface area contributed by atoms with Gasteiger partial charge in [0, 0.05) is 5.88 Å². The molecule has 0 N–H and O–H groups in total. The topological polar surface area (TPSA) is 9.23 Å². The van der Waals surface area contributed by atoms with Crippen LogP contribution in [0.1, 0.15) is 6.92 Å². The molecule has 0 heterocycles. The van der Waals surface area contributed by atoms with Crippen LogP contribution in [0.5, 0.6) is 0 Å². The van der Waals surface area contributed by atoms with E-state index in [1.807, 2.05) is 0 Å². The molecule has 0 fully saturated rings. The average molecular weight is 177 g/mol. The lowest BCUT2D eigenvalue weighted by atomic mass is 10.4. The van der Waals surface area contributed by atoms with E-state index in [1.54, 1.807) is 0 Å². The first kappa shape index (κ1) is 10.0. The van der Waals surface area contributed by atoms with E-state index >= 15 is 0 Å². The minimum absolute atomic E-state index is 0.0672. The first-order chi connectivity index (χ1) is 4.48. The van der Waals surface area contributed by atoms with Crippen molar-refractivity contribution in [2.75, 3.05) is 12.5 Å². The van der Waals surface area contributed by atoms with Crippen LogP contribution in [0.25, 0.3) is 0 Å². The van der Waals surface area contributed by atoms with E-state index in [2.05, 4.69) is 4.74 Å². The molecule has 0 amide bonds. The van der Waals surface area contributed by atoms with Crippen LogP contribution >= 0.6 is 11.6 Å². The van der Waals surface area contributed by atoms with Crippen molar-refractivity contribution in [3.63, 3.8) is 0 Å². The van der Waals surface area contributed by atoms with E-state index in [0.29, 0.717) is 0 Å². The number of halogens is 4. The van der Waals surface area contributed by atoms with E-state index in [0.717, 1.165) is 6.92 Å². The van der Waals surface area contributed by atoms with E-state index < -0.39 is 12.3 Å². The van der Waals surface area contributed by atoms with Crippen molar-refractivity contribution in [2.24, 2.45) is 0 Å². The Bertz CT molecular complexity index is 93.4. The molecule has 0 spiro atoms. The van der Waals surface area contributed by atoms with Gasteiger partial charge >= 0.3 is 6.18 Å². The summed E-state index contributed by atoms with van der Waals surface area (Å²) in [5.41, 5.74) is 0. The highest BCUT2D eigenvalue weighted by Crippen LogP contribution is 2.21. The van der Waals surface area contributed by atoms with Crippen LogP contribution in [-0.4, -0.2) is 24.8 Å². The Labute approximate surface area is 62.1 Å². The van der Waals surface area contributed by atoms with Gasteiger partial charge in [0.1, 0.15) is 0 Å². The summed E-state index contributed by atoms with van der Waals surface area (Å²) in [5.74, 6) is 0.0837. The number of rotatable bonds is 3. The second kappa shape index (κ2) is 4.03.